The van der Waals surface area contributed by atoms with Gasteiger partial charge in [-0.05, 0) is 13.3 Å². The van der Waals surface area contributed by atoms with Gasteiger partial charge in [-0.15, -0.1) is 10.2 Å². The van der Waals surface area contributed by atoms with Crippen molar-refractivity contribution in [1.82, 2.24) is 29.8 Å². The summed E-state index contributed by atoms with van der Waals surface area (Å²) in [6.45, 7) is 3.91. The van der Waals surface area contributed by atoms with Gasteiger partial charge in [-0.25, -0.2) is 4.98 Å². The van der Waals surface area contributed by atoms with Crippen molar-refractivity contribution in [2.75, 3.05) is 13.1 Å². The monoisotopic (exact) mass is 370 g/mol. The molecule has 1 fully saturated rings. The van der Waals surface area contributed by atoms with Crippen molar-refractivity contribution in [3.63, 3.8) is 0 Å². The van der Waals surface area contributed by atoms with Crippen LogP contribution in [0.3, 0.4) is 0 Å². The van der Waals surface area contributed by atoms with Gasteiger partial charge in [0, 0.05) is 12.6 Å². The van der Waals surface area contributed by atoms with Crippen molar-refractivity contribution in [2.24, 2.45) is 0 Å². The second-order valence-corrected chi connectivity index (χ2v) is 7.04. The Labute approximate surface area is 154 Å². The summed E-state index contributed by atoms with van der Waals surface area (Å²) in [5, 5.41) is 12.2. The lowest BCUT2D eigenvalue weighted by atomic mass is 10.0. The van der Waals surface area contributed by atoms with E-state index in [1.54, 1.807) is 12.3 Å². The highest BCUT2D eigenvalue weighted by Gasteiger charge is 2.45. The molecule has 0 aromatic carbocycles. The number of aryl methyl sites for hydroxylation is 1. The van der Waals surface area contributed by atoms with E-state index in [4.69, 9.17) is 13.7 Å². The normalized spacial score (nSPS) is 21.7. The Balaban J connectivity index is 1.33. The first-order chi connectivity index (χ1) is 13.1. The molecule has 10 heteroatoms. The number of aromatic nitrogens is 5. The molecule has 0 aliphatic carbocycles. The molecule has 3 aromatic rings. The number of rotatable bonds is 3. The number of carbonyl (C=O) groups excluding carboxylic acids is 1. The van der Waals surface area contributed by atoms with Crippen molar-refractivity contribution >= 4 is 5.91 Å². The summed E-state index contributed by atoms with van der Waals surface area (Å²) in [7, 11) is 0. The van der Waals surface area contributed by atoms with E-state index >= 15 is 0 Å². The smallest absolute Gasteiger partial charge is 0.230 e. The molecule has 2 aliphatic rings. The molecule has 0 bridgehead atoms. The van der Waals surface area contributed by atoms with E-state index in [2.05, 4.69) is 20.3 Å². The first-order valence-electron chi connectivity index (χ1n) is 8.77. The Hall–Kier alpha value is -3.01. The lowest BCUT2D eigenvalue weighted by Gasteiger charge is -2.34. The van der Waals surface area contributed by atoms with Crippen LogP contribution in [-0.4, -0.2) is 54.4 Å². The van der Waals surface area contributed by atoms with Crippen molar-refractivity contribution < 1.29 is 18.5 Å². The van der Waals surface area contributed by atoms with Gasteiger partial charge >= 0.3 is 0 Å². The third kappa shape index (κ3) is 2.81. The standard InChI is InChI=1S/C17H18N6O4/c1-11-4-12(27-21-11)5-15(24)22-3-2-17(8-22)9-23-14(7-26-17)19-20-16(23)13-6-18-10-25-13/h4,6,10H,2-3,5,7-9H2,1H3. The highest BCUT2D eigenvalue weighted by Crippen LogP contribution is 2.34. The van der Waals surface area contributed by atoms with Crippen molar-refractivity contribution in [3.8, 4) is 11.6 Å². The topological polar surface area (TPSA) is 112 Å². The number of carbonyl (C=O) groups is 1. The summed E-state index contributed by atoms with van der Waals surface area (Å²) in [5.41, 5.74) is 0.323. The highest BCUT2D eigenvalue weighted by molar-refractivity contribution is 5.78. The minimum absolute atomic E-state index is 0.0108. The Morgan fingerprint density at radius 1 is 1.33 bits per heavy atom. The molecular weight excluding hydrogens is 352 g/mol. The number of likely N-dealkylation sites (tertiary alicyclic amines) is 1. The van der Waals surface area contributed by atoms with Crippen LogP contribution in [-0.2, 0) is 29.1 Å². The van der Waals surface area contributed by atoms with Gasteiger partial charge < -0.3 is 23.1 Å². The van der Waals surface area contributed by atoms with E-state index in [0.717, 1.165) is 17.9 Å². The molecule has 0 N–H and O–H groups in total. The molecule has 1 unspecified atom stereocenters. The van der Waals surface area contributed by atoms with Crippen LogP contribution in [0.1, 0.15) is 23.7 Å². The number of hydrogen-bond donors (Lipinski definition) is 0. The molecule has 5 rings (SSSR count). The van der Waals surface area contributed by atoms with E-state index in [0.29, 0.717) is 43.6 Å². The summed E-state index contributed by atoms with van der Waals surface area (Å²) in [6, 6.07) is 1.79. The van der Waals surface area contributed by atoms with Gasteiger partial charge in [0.1, 0.15) is 18.0 Å². The zero-order valence-electron chi connectivity index (χ0n) is 14.8. The molecule has 140 valence electrons. The third-order valence-corrected chi connectivity index (χ3v) is 5.11. The van der Waals surface area contributed by atoms with Crippen LogP contribution in [0.25, 0.3) is 11.6 Å². The largest absolute Gasteiger partial charge is 0.440 e. The van der Waals surface area contributed by atoms with Crippen LogP contribution in [0.5, 0.6) is 0 Å². The van der Waals surface area contributed by atoms with E-state index in [-0.39, 0.29) is 12.3 Å². The van der Waals surface area contributed by atoms with Crippen molar-refractivity contribution in [3.05, 3.63) is 35.9 Å². The van der Waals surface area contributed by atoms with E-state index < -0.39 is 5.60 Å². The zero-order chi connectivity index (χ0) is 18.4. The summed E-state index contributed by atoms with van der Waals surface area (Å²) in [5.74, 6) is 2.53. The Bertz CT molecular complexity index is 978. The second-order valence-electron chi connectivity index (χ2n) is 7.04. The van der Waals surface area contributed by atoms with Gasteiger partial charge in [-0.3, -0.25) is 4.79 Å². The van der Waals surface area contributed by atoms with Crippen molar-refractivity contribution in [2.45, 2.75) is 38.5 Å². The quantitative estimate of drug-likeness (QED) is 0.670. The predicted octanol–water partition coefficient (Wildman–Crippen LogP) is 0.974. The summed E-state index contributed by atoms with van der Waals surface area (Å²) < 4.78 is 18.6. The number of oxazole rings is 1. The van der Waals surface area contributed by atoms with E-state index in [9.17, 15) is 4.79 Å². The molecule has 1 saturated heterocycles. The van der Waals surface area contributed by atoms with Gasteiger partial charge in [-0.1, -0.05) is 5.16 Å². The molecule has 27 heavy (non-hydrogen) atoms. The maximum absolute atomic E-state index is 12.6. The molecule has 2 aliphatic heterocycles. The van der Waals surface area contributed by atoms with Gasteiger partial charge in [0.15, 0.2) is 18.0 Å². The minimum atomic E-state index is -0.447. The average molecular weight is 370 g/mol. The second kappa shape index (κ2) is 6.02. The minimum Gasteiger partial charge on any atom is -0.440 e. The first kappa shape index (κ1) is 16.2. The molecule has 10 nitrogen and oxygen atoms in total. The van der Waals surface area contributed by atoms with Gasteiger partial charge in [-0.2, -0.15) is 0 Å². The zero-order valence-corrected chi connectivity index (χ0v) is 14.8. The summed E-state index contributed by atoms with van der Waals surface area (Å²) in [4.78, 5) is 18.4. The predicted molar refractivity (Wildman–Crippen MR) is 89.2 cm³/mol. The van der Waals surface area contributed by atoms with Crippen LogP contribution < -0.4 is 0 Å². The number of hydrogen-bond acceptors (Lipinski definition) is 8. The fourth-order valence-corrected chi connectivity index (χ4v) is 3.73. The molecular formula is C17H18N6O4. The SMILES string of the molecule is Cc1cc(CC(=O)N2CCC3(C2)Cn2c(nnc2-c2cnco2)CO3)on1. The molecule has 0 radical (unpaired) electrons. The lowest BCUT2D eigenvalue weighted by molar-refractivity contribution is -0.132. The average Bonchev–Trinajstić information content (AvgIpc) is 3.42. The highest BCUT2D eigenvalue weighted by atomic mass is 16.5. The third-order valence-electron chi connectivity index (χ3n) is 5.11. The van der Waals surface area contributed by atoms with Crippen LogP contribution in [0.2, 0.25) is 0 Å². The summed E-state index contributed by atoms with van der Waals surface area (Å²) in [6.07, 6.45) is 3.94. The number of fused-ring (bicyclic) bond motifs is 1. The van der Waals surface area contributed by atoms with Gasteiger partial charge in [0.2, 0.25) is 11.7 Å². The first-order valence-corrected chi connectivity index (χ1v) is 8.77. The summed E-state index contributed by atoms with van der Waals surface area (Å²) >= 11 is 0. The van der Waals surface area contributed by atoms with Crippen LogP contribution in [0.15, 0.2) is 27.6 Å². The van der Waals surface area contributed by atoms with Crippen LogP contribution >= 0.6 is 0 Å². The van der Waals surface area contributed by atoms with E-state index in [1.807, 2.05) is 16.4 Å². The molecule has 1 atom stereocenters. The molecule has 0 saturated carbocycles. The molecule has 1 spiro atoms. The maximum Gasteiger partial charge on any atom is 0.230 e. The number of nitrogens with zero attached hydrogens (tertiary/aromatic N) is 6. The van der Waals surface area contributed by atoms with Crippen LogP contribution in [0.4, 0.5) is 0 Å². The van der Waals surface area contributed by atoms with E-state index in [1.165, 1.54) is 6.39 Å². The number of amides is 1. The van der Waals surface area contributed by atoms with Crippen molar-refractivity contribution in [1.29, 1.82) is 0 Å². The molecule has 1 amide bonds. The Morgan fingerprint density at radius 2 is 2.26 bits per heavy atom. The fraction of sp³-hybridized carbons (Fsp3) is 0.471. The maximum atomic E-state index is 12.6. The van der Waals surface area contributed by atoms with Gasteiger partial charge in [0.05, 0.1) is 31.4 Å². The molecule has 3 aromatic heterocycles. The number of ether oxygens (including phenoxy) is 1. The Kier molecular flexibility index (Phi) is 3.61. The molecule has 5 heterocycles. The van der Waals surface area contributed by atoms with Crippen LogP contribution in [0, 0.1) is 6.92 Å². The lowest BCUT2D eigenvalue weighted by Crippen LogP contribution is -2.45. The fourth-order valence-electron chi connectivity index (χ4n) is 3.73. The van der Waals surface area contributed by atoms with Gasteiger partial charge in [0.25, 0.3) is 0 Å². The Morgan fingerprint density at radius 3 is 3.04 bits per heavy atom.